The van der Waals surface area contributed by atoms with Gasteiger partial charge in [0.2, 0.25) is 0 Å². The van der Waals surface area contributed by atoms with Gasteiger partial charge in [-0.15, -0.1) is 0 Å². The number of benzene rings is 1. The van der Waals surface area contributed by atoms with E-state index in [4.69, 9.17) is 5.11 Å². The van der Waals surface area contributed by atoms with E-state index in [-0.39, 0.29) is 12.5 Å². The molecule has 2 rings (SSSR count). The van der Waals surface area contributed by atoms with Crippen LogP contribution in [0.15, 0.2) is 30.3 Å². The van der Waals surface area contributed by atoms with Crippen LogP contribution in [0, 0.1) is 0 Å². The number of thioether (sulfide) groups is 1. The predicted molar refractivity (Wildman–Crippen MR) is 84.3 cm³/mol. The molecule has 1 heterocycles. The van der Waals surface area contributed by atoms with Crippen molar-refractivity contribution in [2.45, 2.75) is 31.7 Å². The highest BCUT2D eigenvalue weighted by Gasteiger charge is 2.24. The number of hydrogen-bond acceptors (Lipinski definition) is 3. The molecule has 0 bridgehead atoms. The van der Waals surface area contributed by atoms with Gasteiger partial charge in [-0.25, -0.2) is 0 Å². The van der Waals surface area contributed by atoms with Crippen LogP contribution in [0.3, 0.4) is 0 Å². The van der Waals surface area contributed by atoms with E-state index in [0.717, 1.165) is 37.4 Å². The zero-order chi connectivity index (χ0) is 14.2. The molecule has 1 fully saturated rings. The van der Waals surface area contributed by atoms with Gasteiger partial charge in [0.25, 0.3) is 0 Å². The molecule has 0 amide bonds. The Hall–Kier alpha value is -1.00. The van der Waals surface area contributed by atoms with Crippen LogP contribution in [0.4, 0.5) is 0 Å². The van der Waals surface area contributed by atoms with Gasteiger partial charge in [0.1, 0.15) is 0 Å². The Kier molecular flexibility index (Phi) is 6.40. The van der Waals surface area contributed by atoms with Crippen molar-refractivity contribution in [3.8, 4) is 0 Å². The third kappa shape index (κ3) is 5.17. The zero-order valence-electron chi connectivity index (χ0n) is 11.8. The average molecular weight is 293 g/mol. The standard InChI is InChI=1S/C16H23NO2S/c18-16(19)12-15-13-20-11-10-17(15)9-5-4-8-14-6-2-1-3-7-14/h1-3,6-7,15H,4-5,8-13H2,(H,18,19). The Morgan fingerprint density at radius 3 is 2.85 bits per heavy atom. The van der Waals surface area contributed by atoms with Crippen LogP contribution < -0.4 is 0 Å². The molecule has 20 heavy (non-hydrogen) atoms. The molecular weight excluding hydrogens is 270 g/mol. The number of carboxylic acids is 1. The summed E-state index contributed by atoms with van der Waals surface area (Å²) in [4.78, 5) is 13.3. The number of nitrogens with zero attached hydrogens (tertiary/aromatic N) is 1. The topological polar surface area (TPSA) is 40.5 Å². The van der Waals surface area contributed by atoms with Crippen molar-refractivity contribution >= 4 is 17.7 Å². The Labute approximate surface area is 125 Å². The molecule has 0 aliphatic carbocycles. The van der Waals surface area contributed by atoms with Crippen molar-refractivity contribution in [1.29, 1.82) is 0 Å². The molecule has 0 saturated carbocycles. The summed E-state index contributed by atoms with van der Waals surface area (Å²) in [6.07, 6.45) is 3.72. The van der Waals surface area contributed by atoms with Gasteiger partial charge in [-0.3, -0.25) is 9.69 Å². The Balaban J connectivity index is 1.70. The molecule has 1 aromatic carbocycles. The summed E-state index contributed by atoms with van der Waals surface area (Å²) in [5.41, 5.74) is 1.39. The zero-order valence-corrected chi connectivity index (χ0v) is 12.6. The lowest BCUT2D eigenvalue weighted by atomic mass is 10.1. The molecule has 3 nitrogen and oxygen atoms in total. The highest BCUT2D eigenvalue weighted by molar-refractivity contribution is 7.99. The Bertz CT molecular complexity index is 410. The molecular formula is C16H23NO2S. The molecule has 0 aromatic heterocycles. The molecule has 1 atom stereocenters. The molecule has 4 heteroatoms. The number of carbonyl (C=O) groups is 1. The lowest BCUT2D eigenvalue weighted by molar-refractivity contribution is -0.138. The summed E-state index contributed by atoms with van der Waals surface area (Å²) < 4.78 is 0. The van der Waals surface area contributed by atoms with E-state index < -0.39 is 5.97 Å². The van der Waals surface area contributed by atoms with Crippen molar-refractivity contribution in [2.24, 2.45) is 0 Å². The molecule has 0 radical (unpaired) electrons. The highest BCUT2D eigenvalue weighted by Crippen LogP contribution is 2.19. The van der Waals surface area contributed by atoms with E-state index in [1.165, 1.54) is 12.0 Å². The van der Waals surface area contributed by atoms with Crippen LogP contribution in [0.25, 0.3) is 0 Å². The Morgan fingerprint density at radius 1 is 1.30 bits per heavy atom. The number of unbranched alkanes of at least 4 members (excludes halogenated alkanes) is 1. The van der Waals surface area contributed by atoms with Gasteiger partial charge in [0.15, 0.2) is 0 Å². The smallest absolute Gasteiger partial charge is 0.304 e. The first kappa shape index (κ1) is 15.4. The second-order valence-electron chi connectivity index (χ2n) is 5.31. The number of aliphatic carboxylic acids is 1. The first-order valence-corrected chi connectivity index (χ1v) is 8.48. The molecule has 1 N–H and O–H groups in total. The third-order valence-electron chi connectivity index (χ3n) is 3.76. The van der Waals surface area contributed by atoms with Gasteiger partial charge in [0.05, 0.1) is 6.42 Å². The number of carboxylic acid groups (broad SMARTS) is 1. The first-order valence-electron chi connectivity index (χ1n) is 7.33. The van der Waals surface area contributed by atoms with Crippen LogP contribution in [-0.2, 0) is 11.2 Å². The van der Waals surface area contributed by atoms with Gasteiger partial charge >= 0.3 is 5.97 Å². The quantitative estimate of drug-likeness (QED) is 0.785. The van der Waals surface area contributed by atoms with Gasteiger partial charge in [0, 0.05) is 24.1 Å². The second-order valence-corrected chi connectivity index (χ2v) is 6.46. The van der Waals surface area contributed by atoms with Crippen LogP contribution in [0.2, 0.25) is 0 Å². The monoisotopic (exact) mass is 293 g/mol. The van der Waals surface area contributed by atoms with E-state index in [9.17, 15) is 4.79 Å². The van der Waals surface area contributed by atoms with Gasteiger partial charge in [-0.05, 0) is 31.4 Å². The summed E-state index contributed by atoms with van der Waals surface area (Å²) >= 11 is 1.88. The van der Waals surface area contributed by atoms with E-state index in [2.05, 4.69) is 29.2 Å². The maximum Gasteiger partial charge on any atom is 0.304 e. The molecule has 1 unspecified atom stereocenters. The van der Waals surface area contributed by atoms with Crippen molar-refractivity contribution in [2.75, 3.05) is 24.6 Å². The van der Waals surface area contributed by atoms with Crippen molar-refractivity contribution in [3.05, 3.63) is 35.9 Å². The summed E-state index contributed by atoms with van der Waals surface area (Å²) in [5.74, 6) is 1.42. The number of hydrogen-bond donors (Lipinski definition) is 1. The van der Waals surface area contributed by atoms with E-state index in [0.29, 0.717) is 0 Å². The van der Waals surface area contributed by atoms with Crippen LogP contribution in [0.5, 0.6) is 0 Å². The molecule has 0 spiro atoms. The minimum atomic E-state index is -0.674. The number of aryl methyl sites for hydroxylation is 1. The minimum Gasteiger partial charge on any atom is -0.481 e. The summed E-state index contributed by atoms with van der Waals surface area (Å²) in [6.45, 7) is 2.07. The average Bonchev–Trinajstić information content (AvgIpc) is 2.46. The fourth-order valence-electron chi connectivity index (χ4n) is 2.66. The fraction of sp³-hybridized carbons (Fsp3) is 0.562. The van der Waals surface area contributed by atoms with Crippen molar-refractivity contribution in [1.82, 2.24) is 4.90 Å². The Morgan fingerprint density at radius 2 is 2.10 bits per heavy atom. The molecule has 1 aliphatic rings. The fourth-order valence-corrected chi connectivity index (χ4v) is 3.79. The maximum atomic E-state index is 10.9. The van der Waals surface area contributed by atoms with Crippen LogP contribution in [0.1, 0.15) is 24.8 Å². The minimum absolute atomic E-state index is 0.225. The SMILES string of the molecule is O=C(O)CC1CSCCN1CCCCc1ccccc1. The molecule has 1 aromatic rings. The largest absolute Gasteiger partial charge is 0.481 e. The van der Waals surface area contributed by atoms with E-state index >= 15 is 0 Å². The maximum absolute atomic E-state index is 10.9. The first-order chi connectivity index (χ1) is 9.75. The van der Waals surface area contributed by atoms with Gasteiger partial charge in [-0.2, -0.15) is 11.8 Å². The second kappa shape index (κ2) is 8.32. The van der Waals surface area contributed by atoms with Crippen LogP contribution >= 0.6 is 11.8 Å². The van der Waals surface area contributed by atoms with Gasteiger partial charge in [-0.1, -0.05) is 30.3 Å². The van der Waals surface area contributed by atoms with Crippen molar-refractivity contribution in [3.63, 3.8) is 0 Å². The summed E-state index contributed by atoms with van der Waals surface area (Å²) in [5, 5.41) is 8.97. The summed E-state index contributed by atoms with van der Waals surface area (Å²) in [7, 11) is 0. The van der Waals surface area contributed by atoms with Crippen LogP contribution in [-0.4, -0.2) is 46.6 Å². The molecule has 1 aliphatic heterocycles. The highest BCUT2D eigenvalue weighted by atomic mass is 32.2. The predicted octanol–water partition coefficient (Wildman–Crippen LogP) is 2.90. The normalized spacial score (nSPS) is 19.9. The lowest BCUT2D eigenvalue weighted by Crippen LogP contribution is -2.44. The van der Waals surface area contributed by atoms with E-state index in [1.54, 1.807) is 0 Å². The molecule has 1 saturated heterocycles. The summed E-state index contributed by atoms with van der Waals surface area (Å²) in [6, 6.07) is 10.8. The number of rotatable bonds is 7. The third-order valence-corrected chi connectivity index (χ3v) is 4.86. The van der Waals surface area contributed by atoms with Crippen molar-refractivity contribution < 1.29 is 9.90 Å². The van der Waals surface area contributed by atoms with E-state index in [1.807, 2.05) is 17.8 Å². The van der Waals surface area contributed by atoms with Gasteiger partial charge < -0.3 is 5.11 Å². The molecule has 110 valence electrons. The lowest BCUT2D eigenvalue weighted by Gasteiger charge is -2.34.